The third kappa shape index (κ3) is 3.57. The van der Waals surface area contributed by atoms with Gasteiger partial charge >= 0.3 is 0 Å². The number of hydrogen-bond acceptors (Lipinski definition) is 5. The van der Waals surface area contributed by atoms with Gasteiger partial charge in [0.1, 0.15) is 18.0 Å². The molecule has 1 aromatic carbocycles. The van der Waals surface area contributed by atoms with E-state index < -0.39 is 5.82 Å². The summed E-state index contributed by atoms with van der Waals surface area (Å²) in [6.45, 7) is 5.00. The molecule has 0 aliphatic rings. The molecule has 1 heterocycles. The lowest BCUT2D eigenvalue weighted by Crippen LogP contribution is -2.02. The Balaban J connectivity index is 2.13. The highest BCUT2D eigenvalue weighted by Crippen LogP contribution is 2.23. The minimum Gasteiger partial charge on any atom is -0.491 e. The van der Waals surface area contributed by atoms with Crippen LogP contribution in [0.3, 0.4) is 0 Å². The van der Waals surface area contributed by atoms with Crippen LogP contribution in [-0.2, 0) is 0 Å². The van der Waals surface area contributed by atoms with Crippen molar-refractivity contribution in [2.75, 3.05) is 23.8 Å². The Morgan fingerprint density at radius 3 is 2.65 bits per heavy atom. The summed E-state index contributed by atoms with van der Waals surface area (Å²) in [5, 5.41) is 6.11. The fourth-order valence-electron chi connectivity index (χ4n) is 1.70. The molecule has 0 aliphatic heterocycles. The average molecular weight is 276 g/mol. The zero-order valence-corrected chi connectivity index (χ0v) is 11.5. The van der Waals surface area contributed by atoms with Gasteiger partial charge in [0.15, 0.2) is 11.6 Å². The molecule has 0 radical (unpaired) electrons. The number of hydrogen-bond donors (Lipinski definition) is 2. The van der Waals surface area contributed by atoms with Gasteiger partial charge < -0.3 is 15.4 Å². The lowest BCUT2D eigenvalue weighted by atomic mass is 10.3. The summed E-state index contributed by atoms with van der Waals surface area (Å²) in [5.74, 6) is 1.16. The normalized spacial score (nSPS) is 10.2. The van der Waals surface area contributed by atoms with Crippen LogP contribution in [-0.4, -0.2) is 23.1 Å². The molecular formula is C14H17FN4O. The summed E-state index contributed by atoms with van der Waals surface area (Å²) in [4.78, 5) is 8.16. The van der Waals surface area contributed by atoms with E-state index in [1.807, 2.05) is 13.8 Å². The molecule has 2 N–H and O–H groups in total. The molecule has 1 aromatic heterocycles. The topological polar surface area (TPSA) is 59.1 Å². The highest BCUT2D eigenvalue weighted by Gasteiger charge is 2.05. The second-order valence-electron chi connectivity index (χ2n) is 4.02. The third-order valence-electron chi connectivity index (χ3n) is 2.53. The molecule has 0 spiro atoms. The predicted octanol–water partition coefficient (Wildman–Crippen LogP) is 3.19. The van der Waals surface area contributed by atoms with Crippen molar-refractivity contribution in [3.05, 3.63) is 36.4 Å². The summed E-state index contributed by atoms with van der Waals surface area (Å²) in [5.41, 5.74) is 0.604. The summed E-state index contributed by atoms with van der Waals surface area (Å²) >= 11 is 0. The lowest BCUT2D eigenvalue weighted by molar-refractivity contribution is 0.321. The molecule has 106 valence electrons. The molecule has 0 fully saturated rings. The fourth-order valence-corrected chi connectivity index (χ4v) is 1.70. The zero-order chi connectivity index (χ0) is 14.4. The number of nitrogens with one attached hydrogen (secondary N) is 2. The first-order valence-electron chi connectivity index (χ1n) is 6.48. The molecule has 5 nitrogen and oxygen atoms in total. The number of halogens is 1. The van der Waals surface area contributed by atoms with E-state index in [0.29, 0.717) is 18.1 Å². The van der Waals surface area contributed by atoms with Crippen LogP contribution in [0, 0.1) is 5.82 Å². The van der Waals surface area contributed by atoms with Gasteiger partial charge in [-0.05, 0) is 26.0 Å². The second-order valence-corrected chi connectivity index (χ2v) is 4.02. The summed E-state index contributed by atoms with van der Waals surface area (Å²) in [7, 11) is 0. The van der Waals surface area contributed by atoms with Gasteiger partial charge in [-0.25, -0.2) is 14.4 Å². The molecule has 0 aliphatic carbocycles. The van der Waals surface area contributed by atoms with E-state index in [4.69, 9.17) is 4.74 Å². The van der Waals surface area contributed by atoms with Crippen molar-refractivity contribution in [2.45, 2.75) is 13.8 Å². The van der Waals surface area contributed by atoms with Gasteiger partial charge in [0.05, 0.1) is 6.61 Å². The Bertz CT molecular complexity index is 577. The van der Waals surface area contributed by atoms with Gasteiger partial charge in [-0.1, -0.05) is 0 Å². The second kappa shape index (κ2) is 6.70. The first-order valence-corrected chi connectivity index (χ1v) is 6.48. The maximum absolute atomic E-state index is 13.7. The average Bonchev–Trinajstić information content (AvgIpc) is 2.43. The number of benzene rings is 1. The van der Waals surface area contributed by atoms with Crippen molar-refractivity contribution in [2.24, 2.45) is 0 Å². The zero-order valence-electron chi connectivity index (χ0n) is 11.5. The monoisotopic (exact) mass is 276 g/mol. The van der Waals surface area contributed by atoms with Crippen molar-refractivity contribution < 1.29 is 9.13 Å². The SMILES string of the molecule is CCNc1cc(Nc2ccc(OCC)c(F)c2)ncn1. The molecule has 0 amide bonds. The van der Waals surface area contributed by atoms with Gasteiger partial charge in [0.25, 0.3) is 0 Å². The summed E-state index contributed by atoms with van der Waals surface area (Å²) in [6, 6.07) is 6.47. The largest absolute Gasteiger partial charge is 0.491 e. The van der Waals surface area contributed by atoms with Crippen molar-refractivity contribution >= 4 is 17.3 Å². The molecule has 2 rings (SSSR count). The van der Waals surface area contributed by atoms with E-state index in [2.05, 4.69) is 20.6 Å². The van der Waals surface area contributed by atoms with Gasteiger partial charge in [-0.3, -0.25) is 0 Å². The Kier molecular flexibility index (Phi) is 4.70. The highest BCUT2D eigenvalue weighted by atomic mass is 19.1. The number of ether oxygens (including phenoxy) is 1. The van der Waals surface area contributed by atoms with Crippen LogP contribution >= 0.6 is 0 Å². The smallest absolute Gasteiger partial charge is 0.167 e. The fraction of sp³-hybridized carbons (Fsp3) is 0.286. The van der Waals surface area contributed by atoms with Crippen molar-refractivity contribution in [1.29, 1.82) is 0 Å². The van der Waals surface area contributed by atoms with Gasteiger partial charge in [-0.15, -0.1) is 0 Å². The van der Waals surface area contributed by atoms with E-state index in [1.54, 1.807) is 18.2 Å². The number of anilines is 3. The molecule has 0 bridgehead atoms. The molecule has 20 heavy (non-hydrogen) atoms. The van der Waals surface area contributed by atoms with Crippen molar-refractivity contribution in [3.8, 4) is 5.75 Å². The highest BCUT2D eigenvalue weighted by molar-refractivity contribution is 5.59. The molecule has 0 atom stereocenters. The van der Waals surface area contributed by atoms with Crippen molar-refractivity contribution in [3.63, 3.8) is 0 Å². The Labute approximate surface area is 117 Å². The maximum Gasteiger partial charge on any atom is 0.167 e. The Morgan fingerprint density at radius 2 is 1.95 bits per heavy atom. The quantitative estimate of drug-likeness (QED) is 0.848. The van der Waals surface area contributed by atoms with Crippen molar-refractivity contribution in [1.82, 2.24) is 9.97 Å². The van der Waals surface area contributed by atoms with E-state index >= 15 is 0 Å². The maximum atomic E-state index is 13.7. The van der Waals surface area contributed by atoms with Crippen LogP contribution in [0.1, 0.15) is 13.8 Å². The van der Waals surface area contributed by atoms with Crippen LogP contribution in [0.15, 0.2) is 30.6 Å². The summed E-state index contributed by atoms with van der Waals surface area (Å²) in [6.07, 6.45) is 1.45. The van der Waals surface area contributed by atoms with Gasteiger partial charge in [0.2, 0.25) is 0 Å². The van der Waals surface area contributed by atoms with Crippen LogP contribution in [0.5, 0.6) is 5.75 Å². The minimum atomic E-state index is -0.405. The first-order chi connectivity index (χ1) is 9.72. The first kappa shape index (κ1) is 14.0. The molecular weight excluding hydrogens is 259 g/mol. The molecule has 0 saturated heterocycles. The van der Waals surface area contributed by atoms with Gasteiger partial charge in [0, 0.05) is 24.4 Å². The molecule has 0 saturated carbocycles. The van der Waals surface area contributed by atoms with E-state index in [9.17, 15) is 4.39 Å². The standard InChI is InChI=1S/C14H17FN4O/c1-3-16-13-8-14(18-9-17-13)19-10-5-6-12(20-4-2)11(15)7-10/h5-9H,3-4H2,1-2H3,(H2,16,17,18,19). The van der Waals surface area contributed by atoms with E-state index in [1.165, 1.54) is 12.4 Å². The summed E-state index contributed by atoms with van der Waals surface area (Å²) < 4.78 is 18.9. The Hall–Kier alpha value is -2.37. The van der Waals surface area contributed by atoms with Crippen LogP contribution in [0.25, 0.3) is 0 Å². The van der Waals surface area contributed by atoms with Crippen LogP contribution < -0.4 is 15.4 Å². The van der Waals surface area contributed by atoms with E-state index in [-0.39, 0.29) is 5.75 Å². The molecule has 0 unspecified atom stereocenters. The molecule has 6 heteroatoms. The Morgan fingerprint density at radius 1 is 1.15 bits per heavy atom. The van der Waals surface area contributed by atoms with Crippen LogP contribution in [0.4, 0.5) is 21.7 Å². The van der Waals surface area contributed by atoms with Crippen LogP contribution in [0.2, 0.25) is 0 Å². The third-order valence-corrected chi connectivity index (χ3v) is 2.53. The predicted molar refractivity (Wildman–Crippen MR) is 77.0 cm³/mol. The number of aromatic nitrogens is 2. The minimum absolute atomic E-state index is 0.245. The lowest BCUT2D eigenvalue weighted by Gasteiger charge is -2.09. The van der Waals surface area contributed by atoms with E-state index in [0.717, 1.165) is 12.4 Å². The van der Waals surface area contributed by atoms with Gasteiger partial charge in [-0.2, -0.15) is 0 Å². The number of nitrogens with zero attached hydrogens (tertiary/aromatic N) is 2. The number of rotatable bonds is 6. The molecule has 2 aromatic rings.